The Labute approximate surface area is 145 Å². The van der Waals surface area contributed by atoms with Crippen LogP contribution in [0.15, 0.2) is 23.8 Å². The summed E-state index contributed by atoms with van der Waals surface area (Å²) < 4.78 is 0. The summed E-state index contributed by atoms with van der Waals surface area (Å²) in [5, 5.41) is 0. The summed E-state index contributed by atoms with van der Waals surface area (Å²) in [6.45, 7) is 6.09. The van der Waals surface area contributed by atoms with Crippen LogP contribution in [0.3, 0.4) is 0 Å². The first-order chi connectivity index (χ1) is 11.5. The Morgan fingerprint density at radius 1 is 0.917 bits per heavy atom. The molecule has 1 atom stereocenters. The zero-order chi connectivity index (χ0) is 17.3. The Morgan fingerprint density at radius 3 is 2.08 bits per heavy atom. The van der Waals surface area contributed by atoms with Gasteiger partial charge in [-0.25, -0.2) is 0 Å². The Bertz CT molecular complexity index is 665. The smallest absolute Gasteiger partial charge is 0.173 e. The molecule has 2 aliphatic carbocycles. The number of allylic oxidation sites excluding steroid dienone is 2. The van der Waals surface area contributed by atoms with Crippen molar-refractivity contribution in [3.63, 3.8) is 0 Å². The molecule has 2 heteroatoms. The number of rotatable bonds is 2. The highest BCUT2D eigenvalue weighted by molar-refractivity contribution is 6.23. The number of carbonyl (C=O) groups excluding carboxylic acids is 2. The van der Waals surface area contributed by atoms with Crippen LogP contribution < -0.4 is 0 Å². The van der Waals surface area contributed by atoms with Gasteiger partial charge in [0.15, 0.2) is 11.6 Å². The molecular weight excluding hydrogens is 296 g/mol. The molecule has 0 N–H and O–H groups in total. The molecule has 2 fully saturated rings. The standard InChI is InChI=1S/C22H28O2/c1-14-10-15(2)20(16(3)11-14)21-19(23)13-18(22(21)24)12-17-8-6-4-5-7-9-17/h10-12,17,21H,4-9,13H2,1-3H3/b18-12+. The van der Waals surface area contributed by atoms with Crippen molar-refractivity contribution in [2.75, 3.05) is 0 Å². The SMILES string of the molecule is Cc1cc(C)c(C2C(=O)C/C(=C\C3CCCCCC3)C2=O)c(C)c1. The fourth-order valence-electron chi connectivity index (χ4n) is 4.55. The molecule has 2 saturated carbocycles. The van der Waals surface area contributed by atoms with E-state index < -0.39 is 5.92 Å². The molecule has 2 aliphatic rings. The lowest BCUT2D eigenvalue weighted by Crippen LogP contribution is -2.15. The highest BCUT2D eigenvalue weighted by Crippen LogP contribution is 2.37. The van der Waals surface area contributed by atoms with E-state index in [4.69, 9.17) is 0 Å². The number of hydrogen-bond donors (Lipinski definition) is 0. The van der Waals surface area contributed by atoms with Crippen LogP contribution in [0.5, 0.6) is 0 Å². The first kappa shape index (κ1) is 17.1. The summed E-state index contributed by atoms with van der Waals surface area (Å²) in [5.41, 5.74) is 5.03. The lowest BCUT2D eigenvalue weighted by atomic mass is 9.87. The molecule has 1 aromatic rings. The average Bonchev–Trinajstić information content (AvgIpc) is 2.70. The van der Waals surface area contributed by atoms with Crippen molar-refractivity contribution in [1.29, 1.82) is 0 Å². The molecule has 0 saturated heterocycles. The van der Waals surface area contributed by atoms with Crippen molar-refractivity contribution < 1.29 is 9.59 Å². The highest BCUT2D eigenvalue weighted by Gasteiger charge is 2.39. The van der Waals surface area contributed by atoms with Crippen molar-refractivity contribution in [2.45, 2.75) is 71.6 Å². The quantitative estimate of drug-likeness (QED) is 0.429. The number of Topliss-reactive ketones (excluding diaryl/α,β-unsaturated/α-hetero) is 2. The molecule has 3 rings (SSSR count). The van der Waals surface area contributed by atoms with Gasteiger partial charge < -0.3 is 0 Å². The zero-order valence-corrected chi connectivity index (χ0v) is 15.2. The fourth-order valence-corrected chi connectivity index (χ4v) is 4.55. The van der Waals surface area contributed by atoms with E-state index in [0.29, 0.717) is 12.3 Å². The van der Waals surface area contributed by atoms with Crippen LogP contribution in [0.25, 0.3) is 0 Å². The number of ketones is 2. The van der Waals surface area contributed by atoms with Gasteiger partial charge in [0.2, 0.25) is 0 Å². The molecule has 0 heterocycles. The summed E-state index contributed by atoms with van der Waals surface area (Å²) >= 11 is 0. The maximum atomic E-state index is 13.0. The summed E-state index contributed by atoms with van der Waals surface area (Å²) in [6.07, 6.45) is 9.90. The normalized spacial score (nSPS) is 24.6. The molecule has 1 unspecified atom stereocenters. The molecule has 0 aromatic heterocycles. The minimum Gasteiger partial charge on any atom is -0.298 e. The van der Waals surface area contributed by atoms with Crippen LogP contribution in [-0.4, -0.2) is 11.6 Å². The van der Waals surface area contributed by atoms with Crippen LogP contribution in [-0.2, 0) is 9.59 Å². The Morgan fingerprint density at radius 2 is 1.50 bits per heavy atom. The molecule has 1 aromatic carbocycles. The van der Waals surface area contributed by atoms with E-state index in [1.165, 1.54) is 31.2 Å². The third-order valence-electron chi connectivity index (χ3n) is 5.63. The van der Waals surface area contributed by atoms with Gasteiger partial charge in [-0.3, -0.25) is 9.59 Å². The molecule has 0 bridgehead atoms. The first-order valence-electron chi connectivity index (χ1n) is 9.32. The van der Waals surface area contributed by atoms with Crippen LogP contribution in [0, 0.1) is 26.7 Å². The van der Waals surface area contributed by atoms with Gasteiger partial charge in [0.25, 0.3) is 0 Å². The summed E-state index contributed by atoms with van der Waals surface area (Å²) in [4.78, 5) is 25.6. The van der Waals surface area contributed by atoms with E-state index in [-0.39, 0.29) is 11.6 Å². The van der Waals surface area contributed by atoms with Gasteiger partial charge in [0.05, 0.1) is 0 Å². The molecule has 0 aliphatic heterocycles. The molecule has 128 valence electrons. The van der Waals surface area contributed by atoms with Gasteiger partial charge in [-0.15, -0.1) is 0 Å². The van der Waals surface area contributed by atoms with E-state index in [2.05, 4.69) is 25.1 Å². The van der Waals surface area contributed by atoms with E-state index in [9.17, 15) is 9.59 Å². The van der Waals surface area contributed by atoms with Gasteiger partial charge >= 0.3 is 0 Å². The number of aryl methyl sites for hydroxylation is 3. The van der Waals surface area contributed by atoms with Gasteiger partial charge in [0.1, 0.15) is 5.92 Å². The molecule has 24 heavy (non-hydrogen) atoms. The van der Waals surface area contributed by atoms with Crippen LogP contribution >= 0.6 is 0 Å². The predicted octanol–water partition coefficient (Wildman–Crippen LogP) is 5.13. The predicted molar refractivity (Wildman–Crippen MR) is 97.3 cm³/mol. The van der Waals surface area contributed by atoms with Gasteiger partial charge in [-0.1, -0.05) is 49.5 Å². The minimum absolute atomic E-state index is 0.0549. The maximum absolute atomic E-state index is 13.0. The van der Waals surface area contributed by atoms with E-state index in [0.717, 1.165) is 35.1 Å². The Hall–Kier alpha value is -1.70. The number of hydrogen-bond acceptors (Lipinski definition) is 2. The van der Waals surface area contributed by atoms with E-state index >= 15 is 0 Å². The topological polar surface area (TPSA) is 34.1 Å². The van der Waals surface area contributed by atoms with Crippen molar-refractivity contribution in [3.8, 4) is 0 Å². The number of benzene rings is 1. The van der Waals surface area contributed by atoms with Gasteiger partial charge in [-0.2, -0.15) is 0 Å². The van der Waals surface area contributed by atoms with Crippen molar-refractivity contribution in [1.82, 2.24) is 0 Å². The first-order valence-corrected chi connectivity index (χ1v) is 9.32. The molecular formula is C22H28O2. The lowest BCUT2D eigenvalue weighted by Gasteiger charge is -2.15. The molecule has 0 amide bonds. The van der Waals surface area contributed by atoms with Crippen molar-refractivity contribution in [2.24, 2.45) is 5.92 Å². The van der Waals surface area contributed by atoms with Gasteiger partial charge in [-0.05, 0) is 61.8 Å². The number of carbonyl (C=O) groups is 2. The Balaban J connectivity index is 1.89. The zero-order valence-electron chi connectivity index (χ0n) is 15.2. The van der Waals surface area contributed by atoms with Gasteiger partial charge in [0, 0.05) is 6.42 Å². The summed E-state index contributed by atoms with van der Waals surface area (Å²) in [5.74, 6) is 0.0510. The fraction of sp³-hybridized carbons (Fsp3) is 0.545. The second kappa shape index (κ2) is 7.04. The molecule has 2 nitrogen and oxygen atoms in total. The second-order valence-electron chi connectivity index (χ2n) is 7.70. The molecule has 0 spiro atoms. The summed E-state index contributed by atoms with van der Waals surface area (Å²) in [6, 6.07) is 4.16. The maximum Gasteiger partial charge on any atom is 0.173 e. The van der Waals surface area contributed by atoms with E-state index in [1.54, 1.807) is 0 Å². The van der Waals surface area contributed by atoms with Crippen molar-refractivity contribution in [3.05, 3.63) is 46.0 Å². The van der Waals surface area contributed by atoms with Crippen LogP contribution in [0.2, 0.25) is 0 Å². The third-order valence-corrected chi connectivity index (χ3v) is 5.63. The average molecular weight is 324 g/mol. The lowest BCUT2D eigenvalue weighted by molar-refractivity contribution is -0.123. The van der Waals surface area contributed by atoms with E-state index in [1.807, 2.05) is 13.8 Å². The largest absolute Gasteiger partial charge is 0.298 e. The monoisotopic (exact) mass is 324 g/mol. The highest BCUT2D eigenvalue weighted by atomic mass is 16.2. The van der Waals surface area contributed by atoms with Crippen LogP contribution in [0.1, 0.15) is 73.1 Å². The molecule has 0 radical (unpaired) electrons. The van der Waals surface area contributed by atoms with Crippen LogP contribution in [0.4, 0.5) is 0 Å². The third kappa shape index (κ3) is 3.38. The Kier molecular flexibility index (Phi) is 5.03. The minimum atomic E-state index is -0.567. The second-order valence-corrected chi connectivity index (χ2v) is 7.70. The van der Waals surface area contributed by atoms with Crippen molar-refractivity contribution >= 4 is 11.6 Å². The summed E-state index contributed by atoms with van der Waals surface area (Å²) in [7, 11) is 0.